The van der Waals surface area contributed by atoms with Crippen molar-refractivity contribution in [3.63, 3.8) is 0 Å². The van der Waals surface area contributed by atoms with E-state index in [1.807, 2.05) is 18.2 Å². The number of fused-ring (bicyclic) bond motifs is 1. The predicted molar refractivity (Wildman–Crippen MR) is 110 cm³/mol. The summed E-state index contributed by atoms with van der Waals surface area (Å²) in [4.78, 5) is 28.2. The molecule has 0 bridgehead atoms. The minimum absolute atomic E-state index is 0.0251. The highest BCUT2D eigenvalue weighted by molar-refractivity contribution is 8.01. The molecule has 0 aliphatic carbocycles. The molecule has 1 saturated heterocycles. The van der Waals surface area contributed by atoms with Crippen LogP contribution in [0.1, 0.15) is 31.1 Å². The van der Waals surface area contributed by atoms with Gasteiger partial charge in [-0.1, -0.05) is 11.6 Å². The fourth-order valence-corrected chi connectivity index (χ4v) is 4.91. The summed E-state index contributed by atoms with van der Waals surface area (Å²) in [5, 5.41) is 5.95. The Labute approximate surface area is 173 Å². The number of likely N-dealkylation sites (tertiary alicyclic amines) is 1. The van der Waals surface area contributed by atoms with Gasteiger partial charge < -0.3 is 15.1 Å². The van der Waals surface area contributed by atoms with Crippen LogP contribution in [0.25, 0.3) is 0 Å². The van der Waals surface area contributed by atoms with E-state index in [1.54, 1.807) is 18.4 Å². The topological polar surface area (TPSA) is 74.6 Å². The molecule has 2 amide bonds. The molecule has 2 aliphatic rings. The van der Waals surface area contributed by atoms with Crippen LogP contribution in [0.3, 0.4) is 0 Å². The molecule has 28 heavy (non-hydrogen) atoms. The van der Waals surface area contributed by atoms with Gasteiger partial charge in [-0.05, 0) is 56.3 Å². The third kappa shape index (κ3) is 4.37. The van der Waals surface area contributed by atoms with Crippen molar-refractivity contribution in [2.45, 2.75) is 35.4 Å². The molecule has 4 rings (SSSR count). The van der Waals surface area contributed by atoms with E-state index in [2.05, 4.69) is 15.5 Å². The number of carbonyl (C=O) groups is 2. The first-order valence-electron chi connectivity index (χ1n) is 9.41. The second-order valence-electron chi connectivity index (χ2n) is 7.02. The first kappa shape index (κ1) is 19.4. The van der Waals surface area contributed by atoms with Crippen LogP contribution in [-0.2, 0) is 9.59 Å². The number of thioether (sulfide) groups is 1. The van der Waals surface area contributed by atoms with Gasteiger partial charge in [0.2, 0.25) is 11.8 Å². The zero-order chi connectivity index (χ0) is 19.5. The standard InChI is InChI=1S/C20H22ClN3O3S/c21-13-5-6-17-14(10-13)23-20(26)18(28-17)11-19(25)22-12-15(16-4-3-9-27-16)24-7-1-2-8-24/h3-6,9-10,15,18H,1-2,7-8,11-12H2,(H,22,25)(H,23,26). The number of nitrogens with zero attached hydrogens (tertiary/aromatic N) is 1. The SMILES string of the molecule is O=C(CC1Sc2ccc(Cl)cc2NC1=O)NCC(c1ccco1)N1CCCC1. The fraction of sp³-hybridized carbons (Fsp3) is 0.400. The van der Waals surface area contributed by atoms with E-state index in [1.165, 1.54) is 11.8 Å². The van der Waals surface area contributed by atoms with Gasteiger partial charge in [-0.2, -0.15) is 0 Å². The van der Waals surface area contributed by atoms with Crippen LogP contribution < -0.4 is 10.6 Å². The average molecular weight is 420 g/mol. The van der Waals surface area contributed by atoms with Gasteiger partial charge in [-0.15, -0.1) is 11.8 Å². The molecule has 3 heterocycles. The summed E-state index contributed by atoms with van der Waals surface area (Å²) >= 11 is 7.37. The van der Waals surface area contributed by atoms with Crippen LogP contribution in [0.2, 0.25) is 5.02 Å². The van der Waals surface area contributed by atoms with Crippen LogP contribution in [0.15, 0.2) is 45.9 Å². The van der Waals surface area contributed by atoms with E-state index >= 15 is 0 Å². The molecule has 2 aromatic rings. The Hall–Kier alpha value is -1.96. The second kappa shape index (κ2) is 8.59. The molecule has 8 heteroatoms. The maximum absolute atomic E-state index is 12.5. The Morgan fingerprint density at radius 1 is 1.36 bits per heavy atom. The molecule has 2 aliphatic heterocycles. The number of carbonyl (C=O) groups excluding carboxylic acids is 2. The van der Waals surface area contributed by atoms with Crippen LogP contribution in [-0.4, -0.2) is 41.6 Å². The summed E-state index contributed by atoms with van der Waals surface area (Å²) in [5.41, 5.74) is 0.700. The Morgan fingerprint density at radius 3 is 2.93 bits per heavy atom. The summed E-state index contributed by atoms with van der Waals surface area (Å²) in [6.45, 7) is 2.47. The fourth-order valence-electron chi connectivity index (χ4n) is 3.65. The van der Waals surface area contributed by atoms with Crippen molar-refractivity contribution in [3.8, 4) is 0 Å². The smallest absolute Gasteiger partial charge is 0.238 e. The van der Waals surface area contributed by atoms with Crippen molar-refractivity contribution in [1.82, 2.24) is 10.2 Å². The summed E-state index contributed by atoms with van der Waals surface area (Å²) in [6.07, 6.45) is 4.11. The number of furan rings is 1. The molecule has 2 N–H and O–H groups in total. The van der Waals surface area contributed by atoms with Crippen molar-refractivity contribution in [1.29, 1.82) is 0 Å². The first-order valence-corrected chi connectivity index (χ1v) is 10.7. The van der Waals surface area contributed by atoms with E-state index in [-0.39, 0.29) is 24.3 Å². The van der Waals surface area contributed by atoms with Gasteiger partial charge in [0.25, 0.3) is 0 Å². The highest BCUT2D eigenvalue weighted by Gasteiger charge is 2.30. The molecule has 1 fully saturated rings. The lowest BCUT2D eigenvalue weighted by Gasteiger charge is -2.27. The van der Waals surface area contributed by atoms with Crippen LogP contribution in [0, 0.1) is 0 Å². The van der Waals surface area contributed by atoms with Gasteiger partial charge in [0.05, 0.1) is 23.2 Å². The summed E-state index contributed by atoms with van der Waals surface area (Å²) < 4.78 is 5.58. The number of anilines is 1. The predicted octanol–water partition coefficient (Wildman–Crippen LogP) is 3.69. The van der Waals surface area contributed by atoms with E-state index in [0.717, 1.165) is 36.6 Å². The molecule has 148 valence electrons. The van der Waals surface area contributed by atoms with Crippen LogP contribution in [0.4, 0.5) is 5.69 Å². The molecule has 6 nitrogen and oxygen atoms in total. The Kier molecular flexibility index (Phi) is 5.94. The number of amides is 2. The lowest BCUT2D eigenvalue weighted by Crippen LogP contribution is -2.39. The van der Waals surface area contributed by atoms with Gasteiger partial charge in [0, 0.05) is 22.9 Å². The zero-order valence-electron chi connectivity index (χ0n) is 15.3. The third-order valence-corrected chi connectivity index (χ3v) is 6.59. The molecule has 0 spiro atoms. The van der Waals surface area contributed by atoms with E-state index in [9.17, 15) is 9.59 Å². The molecule has 1 aromatic carbocycles. The molecule has 0 saturated carbocycles. The summed E-state index contributed by atoms with van der Waals surface area (Å²) in [5.74, 6) is 0.552. The largest absolute Gasteiger partial charge is 0.468 e. The number of benzene rings is 1. The zero-order valence-corrected chi connectivity index (χ0v) is 16.9. The van der Waals surface area contributed by atoms with Crippen molar-refractivity contribution in [2.24, 2.45) is 0 Å². The minimum atomic E-state index is -0.456. The van der Waals surface area contributed by atoms with E-state index in [0.29, 0.717) is 17.3 Å². The van der Waals surface area contributed by atoms with Crippen molar-refractivity contribution >= 4 is 40.9 Å². The first-order chi connectivity index (χ1) is 13.6. The van der Waals surface area contributed by atoms with Gasteiger partial charge in [0.15, 0.2) is 0 Å². The van der Waals surface area contributed by atoms with Crippen LogP contribution in [0.5, 0.6) is 0 Å². The van der Waals surface area contributed by atoms with Crippen molar-refractivity contribution in [2.75, 3.05) is 25.0 Å². The van der Waals surface area contributed by atoms with E-state index < -0.39 is 5.25 Å². The number of nitrogens with one attached hydrogen (secondary N) is 2. The van der Waals surface area contributed by atoms with Gasteiger partial charge in [-0.25, -0.2) is 0 Å². The maximum Gasteiger partial charge on any atom is 0.238 e. The Morgan fingerprint density at radius 2 is 2.18 bits per heavy atom. The molecule has 0 radical (unpaired) electrons. The molecular formula is C20H22ClN3O3S. The summed E-state index contributed by atoms with van der Waals surface area (Å²) in [6, 6.07) is 9.22. The number of hydrogen-bond acceptors (Lipinski definition) is 5. The Bertz CT molecular complexity index is 852. The highest BCUT2D eigenvalue weighted by Crippen LogP contribution is 2.38. The van der Waals surface area contributed by atoms with Crippen LogP contribution >= 0.6 is 23.4 Å². The summed E-state index contributed by atoms with van der Waals surface area (Å²) in [7, 11) is 0. The monoisotopic (exact) mass is 419 g/mol. The van der Waals surface area contributed by atoms with Gasteiger partial charge in [0.1, 0.15) is 5.76 Å². The third-order valence-electron chi connectivity index (χ3n) is 5.08. The molecule has 2 unspecified atom stereocenters. The minimum Gasteiger partial charge on any atom is -0.468 e. The van der Waals surface area contributed by atoms with Gasteiger partial charge >= 0.3 is 0 Å². The average Bonchev–Trinajstić information content (AvgIpc) is 3.37. The highest BCUT2D eigenvalue weighted by atomic mass is 35.5. The van der Waals surface area contributed by atoms with Crippen molar-refractivity contribution < 1.29 is 14.0 Å². The number of halogens is 1. The second-order valence-corrected chi connectivity index (χ2v) is 8.70. The van der Waals surface area contributed by atoms with E-state index in [4.69, 9.17) is 16.0 Å². The lowest BCUT2D eigenvalue weighted by atomic mass is 10.2. The quantitative estimate of drug-likeness (QED) is 0.746. The normalized spacial score (nSPS) is 20.5. The Balaban J connectivity index is 1.36. The number of rotatable bonds is 6. The lowest BCUT2D eigenvalue weighted by molar-refractivity contribution is -0.124. The molecular weight excluding hydrogens is 398 g/mol. The molecule has 1 aromatic heterocycles. The van der Waals surface area contributed by atoms with Gasteiger partial charge in [-0.3, -0.25) is 14.5 Å². The molecule has 2 atom stereocenters. The maximum atomic E-state index is 12.5. The van der Waals surface area contributed by atoms with Crippen molar-refractivity contribution in [3.05, 3.63) is 47.4 Å². The number of hydrogen-bond donors (Lipinski definition) is 2.